The summed E-state index contributed by atoms with van der Waals surface area (Å²) >= 11 is 5.91. The zero-order valence-electron chi connectivity index (χ0n) is 11.8. The molecule has 0 aliphatic carbocycles. The van der Waals surface area contributed by atoms with Crippen LogP contribution in [0.25, 0.3) is 0 Å². The Morgan fingerprint density at radius 1 is 1.65 bits per heavy atom. The number of benzene rings is 1. The quantitative estimate of drug-likeness (QED) is 0.654. The van der Waals surface area contributed by atoms with Gasteiger partial charge in [0.15, 0.2) is 5.02 Å². The maximum Gasteiger partial charge on any atom is 0.407 e. The Balaban J connectivity index is 2.11. The first-order valence-corrected chi connectivity index (χ1v) is 6.90. The summed E-state index contributed by atoms with van der Waals surface area (Å²) in [5, 5.41) is 28.6. The highest BCUT2D eigenvalue weighted by Crippen LogP contribution is 2.35. The molecule has 0 saturated carbocycles. The number of halogens is 1. The van der Waals surface area contributed by atoms with Gasteiger partial charge < -0.3 is 19.5 Å². The number of carbonyl (C=O) groups is 1. The number of nitriles is 1. The van der Waals surface area contributed by atoms with Crippen molar-refractivity contribution in [2.24, 2.45) is 0 Å². The number of hydrogen-bond acceptors (Lipinski definition) is 6. The second-order valence-electron chi connectivity index (χ2n) is 4.71. The number of carboxylic acid groups (broad SMARTS) is 1. The molecule has 1 aromatic carbocycles. The summed E-state index contributed by atoms with van der Waals surface area (Å²) in [4.78, 5) is 22.3. The molecule has 10 heteroatoms. The molecule has 0 radical (unpaired) electrons. The molecule has 2 rings (SSSR count). The minimum absolute atomic E-state index is 0.0199. The van der Waals surface area contributed by atoms with Gasteiger partial charge in [0.25, 0.3) is 5.69 Å². The van der Waals surface area contributed by atoms with Crippen LogP contribution in [0.1, 0.15) is 5.56 Å². The van der Waals surface area contributed by atoms with Crippen molar-refractivity contribution in [2.45, 2.75) is 6.10 Å². The Kier molecular flexibility index (Phi) is 5.20. The highest BCUT2D eigenvalue weighted by atomic mass is 35.5. The molecule has 0 aromatic heterocycles. The normalized spacial score (nSPS) is 17.4. The largest absolute Gasteiger partial charge is 0.489 e. The van der Waals surface area contributed by atoms with Crippen LogP contribution < -0.4 is 4.74 Å². The van der Waals surface area contributed by atoms with Crippen LogP contribution in [0.5, 0.6) is 5.75 Å². The van der Waals surface area contributed by atoms with Crippen molar-refractivity contribution in [3.05, 3.63) is 32.8 Å². The maximum atomic E-state index is 10.9. The Labute approximate surface area is 135 Å². The fourth-order valence-corrected chi connectivity index (χ4v) is 2.29. The molecule has 1 N–H and O–H groups in total. The van der Waals surface area contributed by atoms with Gasteiger partial charge in [0.05, 0.1) is 29.7 Å². The Morgan fingerprint density at radius 2 is 2.39 bits per heavy atom. The fourth-order valence-electron chi connectivity index (χ4n) is 2.06. The summed E-state index contributed by atoms with van der Waals surface area (Å²) in [6.45, 7) is 0.566. The number of nitro benzene ring substituents is 1. The van der Waals surface area contributed by atoms with Crippen LogP contribution in [0.3, 0.4) is 0 Å². The molecule has 1 aliphatic rings. The predicted octanol–water partition coefficient (Wildman–Crippen LogP) is 1.88. The molecule has 0 bridgehead atoms. The van der Waals surface area contributed by atoms with E-state index < -0.39 is 22.8 Å². The van der Waals surface area contributed by atoms with Crippen molar-refractivity contribution in [3.63, 3.8) is 0 Å². The summed E-state index contributed by atoms with van der Waals surface area (Å²) in [5.74, 6) is -0.0199. The van der Waals surface area contributed by atoms with Gasteiger partial charge in [-0.15, -0.1) is 0 Å². The van der Waals surface area contributed by atoms with E-state index in [9.17, 15) is 14.9 Å². The van der Waals surface area contributed by atoms with Crippen molar-refractivity contribution < 1.29 is 24.3 Å². The van der Waals surface area contributed by atoms with E-state index in [4.69, 9.17) is 31.4 Å². The van der Waals surface area contributed by atoms with E-state index in [1.807, 2.05) is 0 Å². The lowest BCUT2D eigenvalue weighted by Gasteiger charge is -2.30. The fraction of sp³-hybridized carbons (Fsp3) is 0.385. The molecule has 9 nitrogen and oxygen atoms in total. The van der Waals surface area contributed by atoms with Crippen LogP contribution in [0.4, 0.5) is 10.5 Å². The zero-order valence-corrected chi connectivity index (χ0v) is 12.5. The monoisotopic (exact) mass is 341 g/mol. The molecule has 1 fully saturated rings. The molecule has 23 heavy (non-hydrogen) atoms. The molecule has 1 saturated heterocycles. The Morgan fingerprint density at radius 3 is 3.00 bits per heavy atom. The minimum Gasteiger partial charge on any atom is -0.489 e. The van der Waals surface area contributed by atoms with Gasteiger partial charge in [-0.1, -0.05) is 11.6 Å². The summed E-state index contributed by atoms with van der Waals surface area (Å²) in [7, 11) is 0. The standard InChI is InChI=1S/C13H12ClN3O6/c14-12-10(17(20)21)3-8(5-15)4-11(12)23-7-9-6-16(13(18)19)1-2-22-9/h3-4,9H,1-2,6-7H2,(H,18,19). The van der Waals surface area contributed by atoms with Crippen LogP contribution in [-0.4, -0.2) is 53.4 Å². The first-order chi connectivity index (χ1) is 10.9. The van der Waals surface area contributed by atoms with Crippen molar-refractivity contribution in [1.29, 1.82) is 5.26 Å². The molecule has 1 atom stereocenters. The van der Waals surface area contributed by atoms with Crippen molar-refractivity contribution in [1.82, 2.24) is 4.90 Å². The molecule has 0 spiro atoms. The highest BCUT2D eigenvalue weighted by molar-refractivity contribution is 6.34. The number of nitro groups is 1. The van der Waals surface area contributed by atoms with E-state index in [2.05, 4.69) is 0 Å². The predicted molar refractivity (Wildman–Crippen MR) is 77.7 cm³/mol. The Bertz CT molecular complexity index is 674. The number of rotatable bonds is 4. The first-order valence-electron chi connectivity index (χ1n) is 6.52. The van der Waals surface area contributed by atoms with Gasteiger partial charge >= 0.3 is 6.09 Å². The van der Waals surface area contributed by atoms with Gasteiger partial charge in [0, 0.05) is 12.6 Å². The molecular weight excluding hydrogens is 330 g/mol. The zero-order chi connectivity index (χ0) is 17.0. The summed E-state index contributed by atoms with van der Waals surface area (Å²) in [6, 6.07) is 4.13. The molecule has 1 amide bonds. The summed E-state index contributed by atoms with van der Waals surface area (Å²) in [6.07, 6.45) is -1.58. The highest BCUT2D eigenvalue weighted by Gasteiger charge is 2.25. The van der Waals surface area contributed by atoms with Gasteiger partial charge in [-0.3, -0.25) is 10.1 Å². The van der Waals surface area contributed by atoms with E-state index in [-0.39, 0.29) is 42.6 Å². The number of nitrogens with zero attached hydrogens (tertiary/aromatic N) is 3. The van der Waals surface area contributed by atoms with Crippen molar-refractivity contribution in [3.8, 4) is 11.8 Å². The van der Waals surface area contributed by atoms with Crippen LogP contribution in [0, 0.1) is 21.4 Å². The molecule has 1 heterocycles. The van der Waals surface area contributed by atoms with Gasteiger partial charge in [-0.2, -0.15) is 5.26 Å². The van der Waals surface area contributed by atoms with E-state index in [0.29, 0.717) is 0 Å². The number of morpholine rings is 1. The number of amides is 1. The van der Waals surface area contributed by atoms with Crippen LogP contribution in [0.15, 0.2) is 12.1 Å². The van der Waals surface area contributed by atoms with Gasteiger partial charge in [-0.25, -0.2) is 4.79 Å². The van der Waals surface area contributed by atoms with Crippen molar-refractivity contribution in [2.75, 3.05) is 26.3 Å². The molecule has 1 unspecified atom stereocenters. The van der Waals surface area contributed by atoms with E-state index in [0.717, 1.165) is 6.07 Å². The molecule has 1 aliphatic heterocycles. The number of hydrogen-bond donors (Lipinski definition) is 1. The summed E-state index contributed by atoms with van der Waals surface area (Å²) in [5.41, 5.74) is -0.398. The van der Waals surface area contributed by atoms with E-state index in [1.165, 1.54) is 11.0 Å². The average molecular weight is 342 g/mol. The second kappa shape index (κ2) is 7.13. The third-order valence-corrected chi connectivity index (χ3v) is 3.56. The van der Waals surface area contributed by atoms with Gasteiger partial charge in [0.1, 0.15) is 18.5 Å². The molecular formula is C13H12ClN3O6. The first kappa shape index (κ1) is 16.8. The van der Waals surface area contributed by atoms with Crippen molar-refractivity contribution >= 4 is 23.4 Å². The van der Waals surface area contributed by atoms with Crippen LogP contribution in [0.2, 0.25) is 5.02 Å². The van der Waals surface area contributed by atoms with Crippen LogP contribution in [-0.2, 0) is 4.74 Å². The third-order valence-electron chi connectivity index (χ3n) is 3.18. The summed E-state index contributed by atoms with van der Waals surface area (Å²) < 4.78 is 10.8. The van der Waals surface area contributed by atoms with E-state index in [1.54, 1.807) is 6.07 Å². The second-order valence-corrected chi connectivity index (χ2v) is 5.09. The molecule has 122 valence electrons. The minimum atomic E-state index is -1.06. The lowest BCUT2D eigenvalue weighted by molar-refractivity contribution is -0.384. The van der Waals surface area contributed by atoms with Crippen LogP contribution >= 0.6 is 11.6 Å². The lowest BCUT2D eigenvalue weighted by atomic mass is 10.2. The lowest BCUT2D eigenvalue weighted by Crippen LogP contribution is -2.47. The maximum absolute atomic E-state index is 10.9. The van der Waals surface area contributed by atoms with E-state index >= 15 is 0 Å². The topological polar surface area (TPSA) is 126 Å². The van der Waals surface area contributed by atoms with Gasteiger partial charge in [0.2, 0.25) is 0 Å². The third kappa shape index (κ3) is 4.00. The average Bonchev–Trinajstić information content (AvgIpc) is 2.53. The van der Waals surface area contributed by atoms with Gasteiger partial charge in [-0.05, 0) is 6.07 Å². The smallest absolute Gasteiger partial charge is 0.407 e. The molecule has 1 aromatic rings. The Hall–Kier alpha value is -2.57. The SMILES string of the molecule is N#Cc1cc(OCC2CN(C(=O)O)CCO2)c(Cl)c([N+](=O)[O-])c1. The number of ether oxygens (including phenoxy) is 2.